The molecule has 6 nitrogen and oxygen atoms in total. The van der Waals surface area contributed by atoms with Crippen molar-refractivity contribution in [3.05, 3.63) is 58.6 Å². The molecule has 4 rings (SSSR count). The van der Waals surface area contributed by atoms with Crippen LogP contribution >= 0.6 is 11.6 Å². The smallest absolute Gasteiger partial charge is 0.244 e. The minimum atomic E-state index is -0.320. The zero-order chi connectivity index (χ0) is 19.7. The van der Waals surface area contributed by atoms with Gasteiger partial charge in [0, 0.05) is 32.2 Å². The minimum absolute atomic E-state index is 0.136. The third-order valence-electron chi connectivity index (χ3n) is 4.46. The van der Waals surface area contributed by atoms with Gasteiger partial charge in [-0.05, 0) is 35.9 Å². The first kappa shape index (κ1) is 18.3. The van der Waals surface area contributed by atoms with Crippen LogP contribution in [0.1, 0.15) is 11.4 Å². The third-order valence-corrected chi connectivity index (χ3v) is 4.74. The number of carbonyl (C=O) groups is 1. The zero-order valence-corrected chi connectivity index (χ0v) is 15.8. The van der Waals surface area contributed by atoms with E-state index in [2.05, 4.69) is 10.3 Å². The normalized spacial score (nSPS) is 12.8. The first-order chi connectivity index (χ1) is 13.5. The molecule has 1 aromatic heterocycles. The predicted molar refractivity (Wildman–Crippen MR) is 104 cm³/mol. The van der Waals surface area contributed by atoms with Crippen molar-refractivity contribution in [1.29, 1.82) is 0 Å². The number of ether oxygens (including phenoxy) is 2. The molecule has 0 bridgehead atoms. The number of aromatic nitrogens is 2. The lowest BCUT2D eigenvalue weighted by Crippen LogP contribution is -2.24. The highest BCUT2D eigenvalue weighted by Crippen LogP contribution is 2.40. The Kier molecular flexibility index (Phi) is 4.92. The van der Waals surface area contributed by atoms with Crippen LogP contribution < -0.4 is 14.8 Å². The molecule has 0 aliphatic carbocycles. The molecule has 0 saturated carbocycles. The quantitative estimate of drug-likeness (QED) is 0.665. The molecular formula is C20H17ClFN3O3. The fourth-order valence-corrected chi connectivity index (χ4v) is 3.33. The highest BCUT2D eigenvalue weighted by molar-refractivity contribution is 6.32. The maximum Gasteiger partial charge on any atom is 0.244 e. The molecular weight excluding hydrogens is 385 g/mol. The number of nitrogens with zero attached hydrogens (tertiary/aromatic N) is 2. The molecule has 0 fully saturated rings. The van der Waals surface area contributed by atoms with E-state index in [-0.39, 0.29) is 18.5 Å². The highest BCUT2D eigenvalue weighted by atomic mass is 35.5. The molecule has 0 saturated heterocycles. The Balaban J connectivity index is 1.36. The van der Waals surface area contributed by atoms with Crippen molar-refractivity contribution >= 4 is 34.6 Å². The fourth-order valence-electron chi connectivity index (χ4n) is 3.06. The predicted octanol–water partition coefficient (Wildman–Crippen LogP) is 3.47. The summed E-state index contributed by atoms with van der Waals surface area (Å²) in [6.45, 7) is 0.544. The van der Waals surface area contributed by atoms with Crippen molar-refractivity contribution in [2.45, 2.75) is 6.42 Å². The summed E-state index contributed by atoms with van der Waals surface area (Å²) in [5, 5.41) is 3.25. The first-order valence-electron chi connectivity index (χ1n) is 8.67. The molecule has 2 aromatic carbocycles. The van der Waals surface area contributed by atoms with Crippen molar-refractivity contribution < 1.29 is 18.7 Å². The van der Waals surface area contributed by atoms with Gasteiger partial charge in [-0.25, -0.2) is 9.37 Å². The molecule has 0 atom stereocenters. The van der Waals surface area contributed by atoms with Crippen LogP contribution in [-0.2, 0) is 18.3 Å². The van der Waals surface area contributed by atoms with Gasteiger partial charge in [0.05, 0.1) is 16.1 Å². The Morgan fingerprint density at radius 1 is 1.36 bits per heavy atom. The van der Waals surface area contributed by atoms with E-state index >= 15 is 0 Å². The van der Waals surface area contributed by atoms with E-state index in [0.717, 1.165) is 16.9 Å². The van der Waals surface area contributed by atoms with Gasteiger partial charge in [-0.2, -0.15) is 0 Å². The molecule has 2 heterocycles. The van der Waals surface area contributed by atoms with Gasteiger partial charge in [-0.3, -0.25) is 4.79 Å². The number of nitrogens with one attached hydrogen (secondary N) is 1. The average Bonchev–Trinajstić information content (AvgIpc) is 3.25. The van der Waals surface area contributed by atoms with Gasteiger partial charge >= 0.3 is 0 Å². The third kappa shape index (κ3) is 3.66. The average molecular weight is 402 g/mol. The van der Waals surface area contributed by atoms with Crippen molar-refractivity contribution in [2.24, 2.45) is 7.05 Å². The summed E-state index contributed by atoms with van der Waals surface area (Å²) < 4.78 is 25.8. The molecule has 0 radical (unpaired) electrons. The summed E-state index contributed by atoms with van der Waals surface area (Å²) in [6, 6.07) is 7.96. The molecule has 1 aliphatic rings. The lowest BCUT2D eigenvalue weighted by Gasteiger charge is -2.04. The van der Waals surface area contributed by atoms with Crippen LogP contribution in [0.15, 0.2) is 36.4 Å². The van der Waals surface area contributed by atoms with E-state index in [1.807, 2.05) is 11.6 Å². The maximum absolute atomic E-state index is 13.3. The summed E-state index contributed by atoms with van der Waals surface area (Å²) >= 11 is 6.13. The molecule has 0 unspecified atom stereocenters. The summed E-state index contributed by atoms with van der Waals surface area (Å²) in [7, 11) is 1.87. The van der Waals surface area contributed by atoms with Crippen molar-refractivity contribution in [2.75, 3.05) is 13.3 Å². The van der Waals surface area contributed by atoms with E-state index in [9.17, 15) is 9.18 Å². The number of benzene rings is 2. The standard InChI is InChI=1S/C20H17ClFN3O3/c1-25-16-4-3-13(22)10-15(16)24-18(25)6-7-23-19(26)5-2-12-8-14(21)20-17(9-12)27-11-28-20/h2-5,8-10H,6-7,11H2,1H3,(H,23,26). The number of fused-ring (bicyclic) bond motifs is 2. The molecule has 3 aromatic rings. The molecule has 1 N–H and O–H groups in total. The number of imidazole rings is 1. The van der Waals surface area contributed by atoms with Crippen LogP contribution in [0.25, 0.3) is 17.1 Å². The van der Waals surface area contributed by atoms with Gasteiger partial charge in [0.1, 0.15) is 11.6 Å². The Morgan fingerprint density at radius 2 is 2.21 bits per heavy atom. The number of halogens is 2. The summed E-state index contributed by atoms with van der Waals surface area (Å²) in [5.74, 6) is 1.29. The Bertz CT molecular complexity index is 1090. The highest BCUT2D eigenvalue weighted by Gasteiger charge is 2.17. The van der Waals surface area contributed by atoms with Crippen LogP contribution in [0.3, 0.4) is 0 Å². The van der Waals surface area contributed by atoms with E-state index in [0.29, 0.717) is 35.0 Å². The molecule has 1 amide bonds. The lowest BCUT2D eigenvalue weighted by atomic mass is 10.2. The largest absolute Gasteiger partial charge is 0.454 e. The summed E-state index contributed by atoms with van der Waals surface area (Å²) in [4.78, 5) is 16.5. The van der Waals surface area contributed by atoms with E-state index in [1.54, 1.807) is 24.3 Å². The van der Waals surface area contributed by atoms with E-state index in [4.69, 9.17) is 21.1 Å². The van der Waals surface area contributed by atoms with Gasteiger partial charge in [0.2, 0.25) is 12.7 Å². The van der Waals surface area contributed by atoms with Gasteiger partial charge in [-0.1, -0.05) is 11.6 Å². The maximum atomic E-state index is 13.3. The van der Waals surface area contributed by atoms with Gasteiger partial charge in [-0.15, -0.1) is 0 Å². The molecule has 28 heavy (non-hydrogen) atoms. The number of carbonyl (C=O) groups excluding carboxylic acids is 1. The number of rotatable bonds is 5. The second-order valence-corrected chi connectivity index (χ2v) is 6.74. The first-order valence-corrected chi connectivity index (χ1v) is 9.05. The second-order valence-electron chi connectivity index (χ2n) is 6.33. The van der Waals surface area contributed by atoms with Gasteiger partial charge in [0.25, 0.3) is 0 Å². The monoisotopic (exact) mass is 401 g/mol. The summed E-state index contributed by atoms with van der Waals surface area (Å²) in [6.07, 6.45) is 3.61. The summed E-state index contributed by atoms with van der Waals surface area (Å²) in [5.41, 5.74) is 2.19. The zero-order valence-electron chi connectivity index (χ0n) is 15.0. The SMILES string of the molecule is Cn1c(CCNC(=O)C=Cc2cc(Cl)c3c(c2)OCO3)nc2cc(F)ccc21. The van der Waals surface area contributed by atoms with Crippen LogP contribution in [0, 0.1) is 5.82 Å². The number of aryl methyl sites for hydroxylation is 1. The lowest BCUT2D eigenvalue weighted by molar-refractivity contribution is -0.116. The van der Waals surface area contributed by atoms with Crippen LogP contribution in [-0.4, -0.2) is 28.8 Å². The fraction of sp³-hybridized carbons (Fsp3) is 0.200. The number of hydrogen-bond acceptors (Lipinski definition) is 4. The molecule has 144 valence electrons. The topological polar surface area (TPSA) is 65.4 Å². The van der Waals surface area contributed by atoms with Crippen molar-refractivity contribution in [1.82, 2.24) is 14.9 Å². The van der Waals surface area contributed by atoms with E-state index < -0.39 is 0 Å². The Labute approximate surface area is 165 Å². The Hall–Kier alpha value is -3.06. The van der Waals surface area contributed by atoms with Crippen LogP contribution in [0.2, 0.25) is 5.02 Å². The number of amides is 1. The van der Waals surface area contributed by atoms with Gasteiger partial charge < -0.3 is 19.4 Å². The minimum Gasteiger partial charge on any atom is -0.454 e. The molecule has 8 heteroatoms. The van der Waals surface area contributed by atoms with Gasteiger partial charge in [0.15, 0.2) is 11.5 Å². The number of hydrogen-bond donors (Lipinski definition) is 1. The van der Waals surface area contributed by atoms with Crippen molar-refractivity contribution in [3.63, 3.8) is 0 Å². The van der Waals surface area contributed by atoms with Crippen LogP contribution in [0.5, 0.6) is 11.5 Å². The second kappa shape index (κ2) is 7.52. The van der Waals surface area contributed by atoms with E-state index in [1.165, 1.54) is 18.2 Å². The molecule has 1 aliphatic heterocycles. The van der Waals surface area contributed by atoms with Crippen molar-refractivity contribution in [3.8, 4) is 11.5 Å². The Morgan fingerprint density at radius 3 is 3.07 bits per heavy atom. The molecule has 0 spiro atoms. The van der Waals surface area contributed by atoms with Crippen LogP contribution in [0.4, 0.5) is 4.39 Å².